The van der Waals surface area contributed by atoms with E-state index in [0.717, 1.165) is 51.4 Å². The Labute approximate surface area is 193 Å². The first-order valence-corrected chi connectivity index (χ1v) is 11.7. The van der Waals surface area contributed by atoms with E-state index in [1.54, 1.807) is 6.92 Å². The zero-order valence-corrected chi connectivity index (χ0v) is 20.5. The molecule has 8 heteroatoms. The first-order chi connectivity index (χ1) is 15.2. The third-order valence-electron chi connectivity index (χ3n) is 5.02. The summed E-state index contributed by atoms with van der Waals surface area (Å²) in [6.45, 7) is 12.8. The third kappa shape index (κ3) is 16.6. The van der Waals surface area contributed by atoms with Crippen molar-refractivity contribution in [1.82, 2.24) is 5.32 Å². The Morgan fingerprint density at radius 2 is 1.34 bits per heavy atom. The summed E-state index contributed by atoms with van der Waals surface area (Å²) in [7, 11) is 0. The molecule has 0 unspecified atom stereocenters. The number of rotatable bonds is 19. The molecule has 0 aromatic heterocycles. The normalized spacial score (nSPS) is 11.0. The van der Waals surface area contributed by atoms with Gasteiger partial charge in [-0.1, -0.05) is 45.6 Å². The number of esters is 2. The second kappa shape index (κ2) is 18.5. The lowest BCUT2D eigenvalue weighted by atomic mass is 9.91. The van der Waals surface area contributed by atoms with Crippen LogP contribution in [0.5, 0.6) is 0 Å². The van der Waals surface area contributed by atoms with Crippen LogP contribution in [-0.2, 0) is 28.5 Å². The van der Waals surface area contributed by atoms with Crippen molar-refractivity contribution >= 4 is 18.0 Å². The summed E-state index contributed by atoms with van der Waals surface area (Å²) in [5.74, 6) is -0.553. The molecule has 0 aromatic carbocycles. The van der Waals surface area contributed by atoms with Gasteiger partial charge in [0.2, 0.25) is 0 Å². The fourth-order valence-corrected chi connectivity index (χ4v) is 2.45. The number of amides is 1. The highest BCUT2D eigenvalue weighted by Crippen LogP contribution is 2.21. The van der Waals surface area contributed by atoms with Crippen LogP contribution in [0.1, 0.15) is 79.1 Å². The molecule has 0 saturated heterocycles. The van der Waals surface area contributed by atoms with Gasteiger partial charge in [0.1, 0.15) is 6.61 Å². The van der Waals surface area contributed by atoms with Gasteiger partial charge in [0.15, 0.2) is 0 Å². The van der Waals surface area contributed by atoms with Gasteiger partial charge in [-0.05, 0) is 40.0 Å². The van der Waals surface area contributed by atoms with Crippen LogP contribution in [0.2, 0.25) is 0 Å². The average molecular weight is 458 g/mol. The summed E-state index contributed by atoms with van der Waals surface area (Å²) in [5.41, 5.74) is -0.0456. The number of unbranched alkanes of at least 4 members (excludes halogenated alkanes) is 6. The summed E-state index contributed by atoms with van der Waals surface area (Å²) in [6.07, 6.45) is 7.46. The van der Waals surface area contributed by atoms with Crippen molar-refractivity contribution in [1.29, 1.82) is 0 Å². The smallest absolute Gasteiger partial charge is 0.407 e. The highest BCUT2D eigenvalue weighted by molar-refractivity contribution is 5.86. The Bertz CT molecular complexity index is 561. The Morgan fingerprint density at radius 1 is 0.781 bits per heavy atom. The molecular formula is C24H43NO7. The van der Waals surface area contributed by atoms with Crippen molar-refractivity contribution < 1.29 is 33.3 Å². The van der Waals surface area contributed by atoms with Crippen molar-refractivity contribution in [2.24, 2.45) is 5.41 Å². The van der Waals surface area contributed by atoms with Gasteiger partial charge in [-0.15, -0.1) is 0 Å². The summed E-state index contributed by atoms with van der Waals surface area (Å²) >= 11 is 0. The highest BCUT2D eigenvalue weighted by Gasteiger charge is 2.26. The lowest BCUT2D eigenvalue weighted by Crippen LogP contribution is -2.28. The van der Waals surface area contributed by atoms with Crippen LogP contribution in [0, 0.1) is 5.41 Å². The maximum Gasteiger partial charge on any atom is 0.407 e. The summed E-state index contributed by atoms with van der Waals surface area (Å²) in [6, 6.07) is 0. The van der Waals surface area contributed by atoms with Gasteiger partial charge >= 0.3 is 18.0 Å². The second-order valence-electron chi connectivity index (χ2n) is 8.44. The zero-order valence-electron chi connectivity index (χ0n) is 20.5. The van der Waals surface area contributed by atoms with Crippen molar-refractivity contribution in [3.63, 3.8) is 0 Å². The molecule has 0 bridgehead atoms. The van der Waals surface area contributed by atoms with E-state index < -0.39 is 17.5 Å². The van der Waals surface area contributed by atoms with Gasteiger partial charge in [-0.3, -0.25) is 4.79 Å². The summed E-state index contributed by atoms with van der Waals surface area (Å²) in [5, 5.41) is 2.61. The van der Waals surface area contributed by atoms with E-state index >= 15 is 0 Å². The predicted molar refractivity (Wildman–Crippen MR) is 123 cm³/mol. The van der Waals surface area contributed by atoms with Crippen LogP contribution in [0.25, 0.3) is 0 Å². The van der Waals surface area contributed by atoms with E-state index in [9.17, 15) is 14.4 Å². The van der Waals surface area contributed by atoms with Gasteiger partial charge < -0.3 is 24.3 Å². The largest absolute Gasteiger partial charge is 0.465 e. The topological polar surface area (TPSA) is 100 Å². The molecule has 1 amide bonds. The molecule has 0 saturated carbocycles. The van der Waals surface area contributed by atoms with Crippen molar-refractivity contribution in [2.75, 3.05) is 39.6 Å². The molecule has 0 aliphatic carbocycles. The van der Waals surface area contributed by atoms with Crippen LogP contribution in [-0.4, -0.2) is 57.6 Å². The van der Waals surface area contributed by atoms with E-state index in [1.807, 2.05) is 20.8 Å². The Kier molecular flexibility index (Phi) is 17.3. The minimum atomic E-state index is -0.455. The Hall–Kier alpha value is -2.09. The van der Waals surface area contributed by atoms with Gasteiger partial charge in [0, 0.05) is 12.1 Å². The second-order valence-corrected chi connectivity index (χ2v) is 8.44. The first-order valence-electron chi connectivity index (χ1n) is 11.7. The fourth-order valence-electron chi connectivity index (χ4n) is 2.45. The molecule has 0 aliphatic rings. The molecule has 0 radical (unpaired) electrons. The summed E-state index contributed by atoms with van der Waals surface area (Å²) < 4.78 is 20.6. The summed E-state index contributed by atoms with van der Waals surface area (Å²) in [4.78, 5) is 34.5. The van der Waals surface area contributed by atoms with E-state index in [0.29, 0.717) is 31.9 Å². The predicted octanol–water partition coefficient (Wildman–Crippen LogP) is 4.56. The lowest BCUT2D eigenvalue weighted by Gasteiger charge is -2.20. The Morgan fingerprint density at radius 3 is 1.91 bits per heavy atom. The average Bonchev–Trinajstić information content (AvgIpc) is 2.76. The molecule has 32 heavy (non-hydrogen) atoms. The molecule has 186 valence electrons. The van der Waals surface area contributed by atoms with Crippen molar-refractivity contribution in [3.05, 3.63) is 12.2 Å². The highest BCUT2D eigenvalue weighted by atomic mass is 16.6. The minimum absolute atomic E-state index is 0.113. The van der Waals surface area contributed by atoms with Gasteiger partial charge in [0.25, 0.3) is 0 Å². The fraction of sp³-hybridized carbons (Fsp3) is 0.792. The van der Waals surface area contributed by atoms with Crippen LogP contribution in [0.4, 0.5) is 4.79 Å². The molecule has 0 rings (SSSR count). The molecule has 0 aromatic rings. The number of carbonyl (C=O) groups excluding carboxylic acids is 3. The maximum atomic E-state index is 11.8. The third-order valence-corrected chi connectivity index (χ3v) is 5.02. The molecule has 0 fully saturated rings. The molecule has 1 N–H and O–H groups in total. The SMILES string of the molecule is C=C(C)C(=O)OCCOCCNC(=O)OCCCCCCCCCOC(=O)C(C)(C)CC. The number of ether oxygens (including phenoxy) is 4. The lowest BCUT2D eigenvalue weighted by molar-refractivity contribution is -0.154. The van der Waals surface area contributed by atoms with Gasteiger partial charge in [-0.2, -0.15) is 0 Å². The van der Waals surface area contributed by atoms with E-state index in [4.69, 9.17) is 18.9 Å². The molecule has 0 aliphatic heterocycles. The van der Waals surface area contributed by atoms with E-state index in [1.165, 1.54) is 0 Å². The molecule has 8 nitrogen and oxygen atoms in total. The van der Waals surface area contributed by atoms with Crippen LogP contribution in [0.15, 0.2) is 12.2 Å². The monoisotopic (exact) mass is 457 g/mol. The van der Waals surface area contributed by atoms with Crippen molar-refractivity contribution in [2.45, 2.75) is 79.1 Å². The van der Waals surface area contributed by atoms with Crippen LogP contribution < -0.4 is 5.32 Å². The first kappa shape index (κ1) is 29.9. The van der Waals surface area contributed by atoms with Gasteiger partial charge in [0.05, 0.1) is 31.8 Å². The number of alkyl carbamates (subject to hydrolysis) is 1. The number of nitrogens with one attached hydrogen (secondary N) is 1. The standard InChI is InChI=1S/C24H43NO7/c1-6-24(4,5)22(27)31-15-12-10-8-7-9-11-13-16-32-23(28)25-14-17-29-18-19-30-21(26)20(2)3/h2,6-19H2,1,3-5H3,(H,25,28). The minimum Gasteiger partial charge on any atom is -0.465 e. The number of hydrogen-bond donors (Lipinski definition) is 1. The van der Waals surface area contributed by atoms with Crippen LogP contribution >= 0.6 is 0 Å². The Balaban J connectivity index is 3.37. The van der Waals surface area contributed by atoms with Crippen molar-refractivity contribution in [3.8, 4) is 0 Å². The molecule has 0 spiro atoms. The van der Waals surface area contributed by atoms with E-state index in [-0.39, 0.29) is 19.2 Å². The zero-order chi connectivity index (χ0) is 24.2. The van der Waals surface area contributed by atoms with Crippen LogP contribution in [0.3, 0.4) is 0 Å². The maximum absolute atomic E-state index is 11.8. The quantitative estimate of drug-likeness (QED) is 0.131. The number of carbonyl (C=O) groups is 3. The number of hydrogen-bond acceptors (Lipinski definition) is 7. The van der Waals surface area contributed by atoms with E-state index in [2.05, 4.69) is 11.9 Å². The molecule has 0 heterocycles. The molecule has 0 atom stereocenters. The molecular weight excluding hydrogens is 414 g/mol. The van der Waals surface area contributed by atoms with Gasteiger partial charge in [-0.25, -0.2) is 9.59 Å².